The van der Waals surface area contributed by atoms with Gasteiger partial charge in [-0.3, -0.25) is 14.4 Å². The molecule has 0 aromatic heterocycles. The maximum Gasteiger partial charge on any atom is 0.234 e. The number of amides is 2. The van der Waals surface area contributed by atoms with Crippen LogP contribution in [-0.4, -0.2) is 27.0 Å². The molecule has 1 radical (unpaired) electrons. The highest BCUT2D eigenvalue weighted by Gasteiger charge is 2.06. The van der Waals surface area contributed by atoms with Crippen LogP contribution in [0.4, 0.5) is 11.4 Å². The third-order valence-corrected chi connectivity index (χ3v) is 3.25. The molecule has 0 bridgehead atoms. The second-order valence-electron chi connectivity index (χ2n) is 3.26. The normalized spacial score (nSPS) is 9.67. The number of alkyl halides is 2. The molecule has 0 aliphatic carbocycles. The lowest BCUT2D eigenvalue weighted by molar-refractivity contribution is -0.114. The predicted octanol–water partition coefficient (Wildman–Crippen LogP) is 1.89. The minimum Gasteiger partial charge on any atom is -0.325 e. The second-order valence-corrected chi connectivity index (χ2v) is 4.79. The van der Waals surface area contributed by atoms with Gasteiger partial charge in [0.2, 0.25) is 18.1 Å². The van der Waals surface area contributed by atoms with Crippen LogP contribution >= 0.6 is 45.2 Å². The third kappa shape index (κ3) is 4.88. The molecule has 1 aromatic rings. The molecule has 5 nitrogen and oxygen atoms in total. The molecule has 0 fully saturated rings. The van der Waals surface area contributed by atoms with E-state index in [9.17, 15) is 14.4 Å². The van der Waals surface area contributed by atoms with Crippen LogP contribution in [0, 0.1) is 0 Å². The summed E-state index contributed by atoms with van der Waals surface area (Å²) in [4.78, 5) is 33.2. The van der Waals surface area contributed by atoms with Crippen LogP contribution in [0.25, 0.3) is 0 Å². The highest BCUT2D eigenvalue weighted by molar-refractivity contribution is 14.1. The summed E-state index contributed by atoms with van der Waals surface area (Å²) in [6.07, 6.45) is 1.73. The van der Waals surface area contributed by atoms with E-state index in [2.05, 4.69) is 10.6 Å². The molecule has 0 aliphatic heterocycles. The zero-order valence-electron chi connectivity index (χ0n) is 9.13. The van der Waals surface area contributed by atoms with Crippen molar-refractivity contribution in [1.82, 2.24) is 0 Å². The van der Waals surface area contributed by atoms with Crippen LogP contribution in [0.2, 0.25) is 0 Å². The number of benzene rings is 1. The van der Waals surface area contributed by atoms with Gasteiger partial charge in [0.15, 0.2) is 0 Å². The molecule has 0 atom stereocenters. The van der Waals surface area contributed by atoms with Crippen molar-refractivity contribution in [3.8, 4) is 0 Å². The SMILES string of the molecule is O=[C]c1cc(NC(=O)CI)cc(NC(=O)CI)c1. The Kier molecular flexibility index (Phi) is 6.54. The summed E-state index contributed by atoms with van der Waals surface area (Å²) < 4.78 is 0.616. The summed E-state index contributed by atoms with van der Waals surface area (Å²) >= 11 is 3.87. The summed E-state index contributed by atoms with van der Waals surface area (Å²) in [7, 11) is 0. The number of carbonyl (C=O) groups is 2. The molecule has 0 saturated heterocycles. The average Bonchev–Trinajstić information content (AvgIpc) is 2.37. The fraction of sp³-hybridized carbons (Fsp3) is 0.182. The predicted molar refractivity (Wildman–Crippen MR) is 86.3 cm³/mol. The highest BCUT2D eigenvalue weighted by Crippen LogP contribution is 2.18. The van der Waals surface area contributed by atoms with Crippen molar-refractivity contribution in [3.63, 3.8) is 0 Å². The van der Waals surface area contributed by atoms with E-state index in [4.69, 9.17) is 0 Å². The molecular formula is C11H9I2N2O3. The lowest BCUT2D eigenvalue weighted by Gasteiger charge is -2.08. The molecule has 2 N–H and O–H groups in total. The van der Waals surface area contributed by atoms with Crippen molar-refractivity contribution in [2.24, 2.45) is 0 Å². The third-order valence-electron chi connectivity index (χ3n) is 1.86. The van der Waals surface area contributed by atoms with Crippen molar-refractivity contribution in [2.45, 2.75) is 0 Å². The van der Waals surface area contributed by atoms with Crippen molar-refractivity contribution in [1.29, 1.82) is 0 Å². The van der Waals surface area contributed by atoms with Crippen LogP contribution in [0.5, 0.6) is 0 Å². The van der Waals surface area contributed by atoms with E-state index in [-0.39, 0.29) is 17.4 Å². The number of nitrogens with one attached hydrogen (secondary N) is 2. The number of rotatable bonds is 5. The van der Waals surface area contributed by atoms with Crippen LogP contribution in [0.15, 0.2) is 18.2 Å². The minimum atomic E-state index is -0.176. The molecule has 1 rings (SSSR count). The van der Waals surface area contributed by atoms with Gasteiger partial charge in [-0.05, 0) is 18.2 Å². The fourth-order valence-electron chi connectivity index (χ4n) is 1.22. The Morgan fingerprint density at radius 3 is 1.78 bits per heavy atom. The monoisotopic (exact) mass is 471 g/mol. The van der Waals surface area contributed by atoms with Crippen LogP contribution in [0.3, 0.4) is 0 Å². The van der Waals surface area contributed by atoms with Gasteiger partial charge >= 0.3 is 0 Å². The van der Waals surface area contributed by atoms with E-state index in [1.807, 2.05) is 45.2 Å². The van der Waals surface area contributed by atoms with Gasteiger partial charge in [0.25, 0.3) is 0 Å². The van der Waals surface area contributed by atoms with E-state index in [0.29, 0.717) is 20.2 Å². The highest BCUT2D eigenvalue weighted by atomic mass is 127. The summed E-state index contributed by atoms with van der Waals surface area (Å²) in [5.41, 5.74) is 1.19. The fourth-order valence-corrected chi connectivity index (χ4v) is 1.60. The molecule has 0 saturated carbocycles. The Labute approximate surface area is 131 Å². The van der Waals surface area contributed by atoms with Crippen LogP contribution < -0.4 is 10.6 Å². The number of carbonyl (C=O) groups excluding carboxylic acids is 3. The number of hydrogen-bond acceptors (Lipinski definition) is 3. The zero-order valence-corrected chi connectivity index (χ0v) is 13.4. The molecule has 0 unspecified atom stereocenters. The first-order chi connectivity index (χ1) is 8.58. The molecule has 7 heteroatoms. The molecular weight excluding hydrogens is 462 g/mol. The largest absolute Gasteiger partial charge is 0.325 e. The maximum absolute atomic E-state index is 11.3. The van der Waals surface area contributed by atoms with Gasteiger partial charge in [0.05, 0.1) is 8.86 Å². The van der Waals surface area contributed by atoms with Crippen molar-refractivity contribution in [3.05, 3.63) is 23.8 Å². The molecule has 0 spiro atoms. The van der Waals surface area contributed by atoms with Gasteiger partial charge in [0.1, 0.15) is 0 Å². The van der Waals surface area contributed by atoms with Gasteiger partial charge in [-0.1, -0.05) is 45.2 Å². The summed E-state index contributed by atoms with van der Waals surface area (Å²) in [5, 5.41) is 5.24. The number of halogens is 2. The Morgan fingerprint density at radius 1 is 1.00 bits per heavy atom. The van der Waals surface area contributed by atoms with Crippen molar-refractivity contribution in [2.75, 3.05) is 19.5 Å². The number of hydrogen-bond donors (Lipinski definition) is 2. The van der Waals surface area contributed by atoms with E-state index < -0.39 is 0 Å². The smallest absolute Gasteiger partial charge is 0.234 e. The Bertz CT molecular complexity index is 441. The van der Waals surface area contributed by atoms with Gasteiger partial charge in [0, 0.05) is 16.9 Å². The quantitative estimate of drug-likeness (QED) is 0.509. The van der Waals surface area contributed by atoms with Gasteiger partial charge in [-0.15, -0.1) is 0 Å². The molecule has 0 aliphatic rings. The second kappa shape index (κ2) is 7.67. The first kappa shape index (κ1) is 15.3. The lowest BCUT2D eigenvalue weighted by Crippen LogP contribution is -2.15. The topological polar surface area (TPSA) is 75.3 Å². The Hall–Kier alpha value is -0.710. The summed E-state index contributed by atoms with van der Waals surface area (Å²) in [6.45, 7) is 0. The van der Waals surface area contributed by atoms with E-state index >= 15 is 0 Å². The van der Waals surface area contributed by atoms with Gasteiger partial charge in [-0.2, -0.15) is 0 Å². The summed E-state index contributed by atoms with van der Waals surface area (Å²) in [5.74, 6) is -0.352. The van der Waals surface area contributed by atoms with Gasteiger partial charge in [-0.25, -0.2) is 0 Å². The molecule has 18 heavy (non-hydrogen) atoms. The van der Waals surface area contributed by atoms with Gasteiger partial charge < -0.3 is 10.6 Å². The minimum absolute atomic E-state index is 0.176. The first-order valence-electron chi connectivity index (χ1n) is 4.84. The molecule has 0 heterocycles. The molecule has 95 valence electrons. The Balaban J connectivity index is 2.97. The molecule has 2 amide bonds. The van der Waals surface area contributed by atoms with Crippen LogP contribution in [0.1, 0.15) is 5.56 Å². The first-order valence-corrected chi connectivity index (χ1v) is 7.89. The standard InChI is InChI=1S/C11H9I2N2O3/c12-4-10(17)14-8-1-7(6-16)2-9(3-8)15-11(18)5-13/h1-3H,4-5H2,(H,14,17)(H,15,18). The van der Waals surface area contributed by atoms with E-state index in [1.165, 1.54) is 12.1 Å². The lowest BCUT2D eigenvalue weighted by atomic mass is 10.2. The van der Waals surface area contributed by atoms with Crippen molar-refractivity contribution >= 4 is 74.7 Å². The number of anilines is 2. The van der Waals surface area contributed by atoms with E-state index in [0.717, 1.165) is 0 Å². The van der Waals surface area contributed by atoms with E-state index in [1.54, 1.807) is 12.4 Å². The average molecular weight is 471 g/mol. The van der Waals surface area contributed by atoms with Crippen molar-refractivity contribution < 1.29 is 14.4 Å². The Morgan fingerprint density at radius 2 is 1.44 bits per heavy atom. The molecule has 1 aromatic carbocycles. The maximum atomic E-state index is 11.3. The summed E-state index contributed by atoms with van der Waals surface area (Å²) in [6, 6.07) is 4.59. The zero-order chi connectivity index (χ0) is 13.5. The van der Waals surface area contributed by atoms with Crippen LogP contribution in [-0.2, 0) is 14.4 Å².